The lowest BCUT2D eigenvalue weighted by Crippen LogP contribution is -2.48. The Morgan fingerprint density at radius 1 is 0.868 bits per heavy atom. The zero-order chi connectivity index (χ0) is 27.1. The van der Waals surface area contributed by atoms with Crippen LogP contribution >= 0.6 is 0 Å². The van der Waals surface area contributed by atoms with Crippen molar-refractivity contribution in [3.05, 3.63) is 59.8 Å². The monoisotopic (exact) mass is 519 g/mol. The van der Waals surface area contributed by atoms with Crippen molar-refractivity contribution in [2.24, 2.45) is 0 Å². The first-order valence-corrected chi connectivity index (χ1v) is 12.2. The molecule has 1 saturated heterocycles. The van der Waals surface area contributed by atoms with E-state index in [1.54, 1.807) is 52.7 Å². The summed E-state index contributed by atoms with van der Waals surface area (Å²) >= 11 is 0. The molecule has 1 aromatic heterocycles. The molecule has 0 spiro atoms. The lowest BCUT2D eigenvalue weighted by molar-refractivity contribution is -0.126. The lowest BCUT2D eigenvalue weighted by atomic mass is 10.1. The number of carbonyl (C=O) groups excluding carboxylic acids is 1. The third kappa shape index (κ3) is 6.26. The second kappa shape index (κ2) is 12.2. The Hall–Kier alpha value is -4.47. The van der Waals surface area contributed by atoms with Gasteiger partial charge in [0.15, 0.2) is 11.5 Å². The minimum atomic E-state index is -0.0644. The highest BCUT2D eigenvalue weighted by Crippen LogP contribution is 2.38. The summed E-state index contributed by atoms with van der Waals surface area (Å²) in [4.78, 5) is 26.1. The van der Waals surface area contributed by atoms with Crippen LogP contribution in [0.1, 0.15) is 11.3 Å². The Morgan fingerprint density at radius 2 is 1.53 bits per heavy atom. The number of rotatable bonds is 9. The molecular formula is C28H33N5O5. The average molecular weight is 520 g/mol. The molecular weight excluding hydrogens is 486 g/mol. The van der Waals surface area contributed by atoms with Crippen LogP contribution in [0.4, 0.5) is 17.5 Å². The molecule has 2 aromatic carbocycles. The van der Waals surface area contributed by atoms with Crippen LogP contribution in [0, 0.1) is 6.92 Å². The molecule has 3 aromatic rings. The summed E-state index contributed by atoms with van der Waals surface area (Å²) in [7, 11) is 6.32. The normalized spacial score (nSPS) is 13.4. The first-order chi connectivity index (χ1) is 18.4. The number of nitrogens with one attached hydrogen (secondary N) is 1. The van der Waals surface area contributed by atoms with Crippen molar-refractivity contribution in [1.82, 2.24) is 14.9 Å². The van der Waals surface area contributed by atoms with Gasteiger partial charge in [-0.1, -0.05) is 0 Å². The topological polar surface area (TPSA) is 98.3 Å². The van der Waals surface area contributed by atoms with E-state index >= 15 is 0 Å². The van der Waals surface area contributed by atoms with E-state index < -0.39 is 0 Å². The standard InChI is InChI=1S/C28H33N5O5/c1-19-16-25(30-21-7-9-22(35-2)10-8-21)31-28(29-19)33-14-12-32(13-15-33)26(34)11-6-20-17-23(36-3)27(38-5)24(18-20)37-4/h6-11,16-18H,12-15H2,1-5H3,(H,29,30,31)/b11-6+. The van der Waals surface area contributed by atoms with E-state index in [0.717, 1.165) is 22.7 Å². The highest BCUT2D eigenvalue weighted by Gasteiger charge is 2.22. The van der Waals surface area contributed by atoms with Gasteiger partial charge in [0.2, 0.25) is 17.6 Å². The van der Waals surface area contributed by atoms with Gasteiger partial charge in [-0.05, 0) is 55.0 Å². The molecule has 200 valence electrons. The van der Waals surface area contributed by atoms with Crippen LogP contribution in [0.25, 0.3) is 6.08 Å². The van der Waals surface area contributed by atoms with Gasteiger partial charge in [-0.3, -0.25) is 4.79 Å². The van der Waals surface area contributed by atoms with Crippen LogP contribution < -0.4 is 29.2 Å². The molecule has 1 aliphatic rings. The first-order valence-electron chi connectivity index (χ1n) is 12.2. The Morgan fingerprint density at radius 3 is 2.11 bits per heavy atom. The molecule has 0 bridgehead atoms. The number of anilines is 3. The minimum Gasteiger partial charge on any atom is -0.497 e. The number of hydrogen-bond donors (Lipinski definition) is 1. The molecule has 1 fully saturated rings. The third-order valence-corrected chi connectivity index (χ3v) is 6.18. The van der Waals surface area contributed by atoms with Crippen LogP contribution in [0.5, 0.6) is 23.0 Å². The number of methoxy groups -OCH3 is 4. The number of carbonyl (C=O) groups is 1. The second-order valence-corrected chi connectivity index (χ2v) is 8.65. The van der Waals surface area contributed by atoms with Crippen LogP contribution in [0.2, 0.25) is 0 Å². The maximum Gasteiger partial charge on any atom is 0.246 e. The average Bonchev–Trinajstić information content (AvgIpc) is 2.95. The van der Waals surface area contributed by atoms with Crippen LogP contribution in [-0.4, -0.2) is 75.4 Å². The zero-order valence-corrected chi connectivity index (χ0v) is 22.4. The van der Waals surface area contributed by atoms with E-state index in [9.17, 15) is 4.79 Å². The number of piperazine rings is 1. The summed E-state index contributed by atoms with van der Waals surface area (Å²) in [6.45, 7) is 4.34. The van der Waals surface area contributed by atoms with Crippen LogP contribution in [0.3, 0.4) is 0 Å². The number of hydrogen-bond acceptors (Lipinski definition) is 9. The van der Waals surface area contributed by atoms with Gasteiger partial charge < -0.3 is 34.1 Å². The predicted octanol–water partition coefficient (Wildman–Crippen LogP) is 3.93. The van der Waals surface area contributed by atoms with Crippen molar-refractivity contribution in [2.45, 2.75) is 6.92 Å². The van der Waals surface area contributed by atoms with Gasteiger partial charge in [-0.15, -0.1) is 0 Å². The fraction of sp³-hybridized carbons (Fsp3) is 0.321. The van der Waals surface area contributed by atoms with Crippen molar-refractivity contribution in [2.75, 3.05) is 64.8 Å². The Kier molecular flexibility index (Phi) is 8.52. The molecule has 0 aliphatic carbocycles. The highest BCUT2D eigenvalue weighted by atomic mass is 16.5. The molecule has 0 radical (unpaired) electrons. The molecule has 0 unspecified atom stereocenters. The van der Waals surface area contributed by atoms with E-state index in [-0.39, 0.29) is 5.91 Å². The molecule has 1 amide bonds. The van der Waals surface area contributed by atoms with Gasteiger partial charge in [-0.2, -0.15) is 4.98 Å². The fourth-order valence-corrected chi connectivity index (χ4v) is 4.18. The van der Waals surface area contributed by atoms with Crippen LogP contribution in [0.15, 0.2) is 48.5 Å². The van der Waals surface area contributed by atoms with Crippen molar-refractivity contribution in [3.63, 3.8) is 0 Å². The molecule has 0 saturated carbocycles. The molecule has 1 aliphatic heterocycles. The smallest absolute Gasteiger partial charge is 0.246 e. The van der Waals surface area contributed by atoms with Gasteiger partial charge in [0.25, 0.3) is 0 Å². The number of aryl methyl sites for hydroxylation is 1. The quantitative estimate of drug-likeness (QED) is 0.422. The van der Waals surface area contributed by atoms with Gasteiger partial charge in [0.05, 0.1) is 28.4 Å². The molecule has 38 heavy (non-hydrogen) atoms. The maximum atomic E-state index is 12.9. The second-order valence-electron chi connectivity index (χ2n) is 8.65. The summed E-state index contributed by atoms with van der Waals surface area (Å²) in [5.74, 6) is 3.66. The molecule has 1 N–H and O–H groups in total. The molecule has 10 heteroatoms. The van der Waals surface area contributed by atoms with E-state index in [1.165, 1.54) is 0 Å². The fourth-order valence-electron chi connectivity index (χ4n) is 4.18. The highest BCUT2D eigenvalue weighted by molar-refractivity contribution is 5.92. The van der Waals surface area contributed by atoms with Gasteiger partial charge >= 0.3 is 0 Å². The summed E-state index contributed by atoms with van der Waals surface area (Å²) in [6.07, 6.45) is 3.32. The number of amides is 1. The number of benzene rings is 2. The van der Waals surface area contributed by atoms with Crippen molar-refractivity contribution >= 4 is 29.4 Å². The summed E-state index contributed by atoms with van der Waals surface area (Å²) in [6, 6.07) is 13.2. The van der Waals surface area contributed by atoms with E-state index in [2.05, 4.69) is 15.2 Å². The number of aromatic nitrogens is 2. The number of nitrogens with zero attached hydrogens (tertiary/aromatic N) is 4. The van der Waals surface area contributed by atoms with Crippen molar-refractivity contribution in [1.29, 1.82) is 0 Å². The van der Waals surface area contributed by atoms with Gasteiger partial charge in [0.1, 0.15) is 11.6 Å². The Balaban J connectivity index is 1.38. The van der Waals surface area contributed by atoms with Crippen molar-refractivity contribution in [3.8, 4) is 23.0 Å². The molecule has 0 atom stereocenters. The molecule has 4 rings (SSSR count). The lowest BCUT2D eigenvalue weighted by Gasteiger charge is -2.34. The van der Waals surface area contributed by atoms with Crippen LogP contribution in [-0.2, 0) is 4.79 Å². The van der Waals surface area contributed by atoms with Gasteiger partial charge in [0, 0.05) is 49.7 Å². The first kappa shape index (κ1) is 26.6. The maximum absolute atomic E-state index is 12.9. The third-order valence-electron chi connectivity index (χ3n) is 6.18. The van der Waals surface area contributed by atoms with E-state index in [4.69, 9.17) is 23.9 Å². The zero-order valence-electron chi connectivity index (χ0n) is 22.4. The summed E-state index contributed by atoms with van der Waals surface area (Å²) in [5.41, 5.74) is 2.54. The Bertz CT molecular complexity index is 1260. The van der Waals surface area contributed by atoms with E-state index in [1.807, 2.05) is 42.2 Å². The van der Waals surface area contributed by atoms with E-state index in [0.29, 0.717) is 55.2 Å². The Labute approximate surface area is 222 Å². The molecule has 10 nitrogen and oxygen atoms in total. The van der Waals surface area contributed by atoms with Crippen molar-refractivity contribution < 1.29 is 23.7 Å². The molecule has 2 heterocycles. The van der Waals surface area contributed by atoms with Gasteiger partial charge in [-0.25, -0.2) is 4.98 Å². The summed E-state index contributed by atoms with van der Waals surface area (Å²) in [5, 5.41) is 3.33. The predicted molar refractivity (Wildman–Crippen MR) is 147 cm³/mol. The SMILES string of the molecule is COc1ccc(Nc2cc(C)nc(N3CCN(C(=O)/C=C/c4cc(OC)c(OC)c(OC)c4)CC3)n2)cc1. The summed E-state index contributed by atoms with van der Waals surface area (Å²) < 4.78 is 21.4. The largest absolute Gasteiger partial charge is 0.497 e. The number of ether oxygens (including phenoxy) is 4. The minimum absolute atomic E-state index is 0.0644.